The maximum atomic E-state index is 12.2. The predicted molar refractivity (Wildman–Crippen MR) is 61.8 cm³/mol. The van der Waals surface area contributed by atoms with Crippen molar-refractivity contribution in [1.82, 2.24) is 14.1 Å². The van der Waals surface area contributed by atoms with Crippen molar-refractivity contribution in [1.29, 1.82) is 0 Å². The zero-order valence-electron chi connectivity index (χ0n) is 9.94. The maximum absolute atomic E-state index is 12.2. The molecule has 0 spiro atoms. The Morgan fingerprint density at radius 1 is 1.53 bits per heavy atom. The van der Waals surface area contributed by atoms with Gasteiger partial charge in [0.2, 0.25) is 10.0 Å². The van der Waals surface area contributed by atoms with Gasteiger partial charge in [0.1, 0.15) is 4.90 Å². The fraction of sp³-hybridized carbons (Fsp3) is 0.700. The Morgan fingerprint density at radius 2 is 2.24 bits per heavy atom. The molecule has 17 heavy (non-hydrogen) atoms. The second-order valence-electron chi connectivity index (χ2n) is 4.55. The molecule has 1 aliphatic rings. The fourth-order valence-electron chi connectivity index (χ4n) is 1.92. The summed E-state index contributed by atoms with van der Waals surface area (Å²) in [4.78, 5) is 0.182. The number of aromatic nitrogens is 2. The van der Waals surface area contributed by atoms with Gasteiger partial charge in [-0.05, 0) is 12.3 Å². The van der Waals surface area contributed by atoms with Gasteiger partial charge in [0.05, 0.1) is 12.3 Å². The third-order valence-corrected chi connectivity index (χ3v) is 5.02. The maximum Gasteiger partial charge on any atom is 0.246 e. The molecule has 1 aromatic rings. The molecule has 1 aromatic heterocycles. The van der Waals surface area contributed by atoms with Gasteiger partial charge in [-0.15, -0.1) is 0 Å². The monoisotopic (exact) mass is 259 g/mol. The molecule has 1 fully saturated rings. The third-order valence-electron chi connectivity index (χ3n) is 3.20. The number of aliphatic hydroxyl groups is 1. The highest BCUT2D eigenvalue weighted by molar-refractivity contribution is 7.89. The first-order chi connectivity index (χ1) is 7.91. The minimum atomic E-state index is -3.51. The number of hydrogen-bond donors (Lipinski definition) is 1. The van der Waals surface area contributed by atoms with Gasteiger partial charge >= 0.3 is 0 Å². The number of aryl methyl sites for hydroxylation is 1. The molecule has 1 N–H and O–H groups in total. The molecule has 2 rings (SSSR count). The van der Waals surface area contributed by atoms with E-state index >= 15 is 0 Å². The lowest BCUT2D eigenvalue weighted by Gasteiger charge is -2.33. The number of sulfonamides is 1. The molecule has 7 heteroatoms. The van der Waals surface area contributed by atoms with Crippen LogP contribution in [-0.4, -0.2) is 46.8 Å². The Kier molecular flexibility index (Phi) is 3.24. The molecule has 0 radical (unpaired) electrons. The molecular weight excluding hydrogens is 242 g/mol. The number of piperidine rings is 1. The van der Waals surface area contributed by atoms with Crippen molar-refractivity contribution in [3.8, 4) is 0 Å². The van der Waals surface area contributed by atoms with E-state index in [-0.39, 0.29) is 17.4 Å². The molecule has 0 aromatic carbocycles. The van der Waals surface area contributed by atoms with Crippen molar-refractivity contribution in [2.24, 2.45) is 13.0 Å². The molecule has 0 bridgehead atoms. The van der Waals surface area contributed by atoms with Crippen molar-refractivity contribution in [2.75, 3.05) is 13.1 Å². The van der Waals surface area contributed by atoms with Crippen LogP contribution < -0.4 is 0 Å². The molecular formula is C10H17N3O3S. The lowest BCUT2D eigenvalue weighted by Crippen LogP contribution is -2.45. The van der Waals surface area contributed by atoms with E-state index in [0.29, 0.717) is 13.0 Å². The molecule has 1 saturated heterocycles. The second kappa shape index (κ2) is 4.40. The summed E-state index contributed by atoms with van der Waals surface area (Å²) < 4.78 is 27.2. The molecule has 6 nitrogen and oxygen atoms in total. The minimum absolute atomic E-state index is 0.148. The van der Waals surface area contributed by atoms with E-state index in [1.54, 1.807) is 7.05 Å². The molecule has 2 heterocycles. The summed E-state index contributed by atoms with van der Waals surface area (Å²) in [6, 6.07) is 0. The lowest BCUT2D eigenvalue weighted by atomic mass is 9.98. The number of β-amino-alcohol motifs (C(OH)–C–C–N with tert-alkyl or cyclic N) is 1. The summed E-state index contributed by atoms with van der Waals surface area (Å²) >= 11 is 0. The summed E-state index contributed by atoms with van der Waals surface area (Å²) in [7, 11) is -1.83. The van der Waals surface area contributed by atoms with Gasteiger partial charge in [-0.1, -0.05) is 6.92 Å². The smallest absolute Gasteiger partial charge is 0.246 e. The number of aliphatic hydroxyl groups excluding tert-OH is 1. The topological polar surface area (TPSA) is 75.4 Å². The van der Waals surface area contributed by atoms with Crippen molar-refractivity contribution in [2.45, 2.75) is 24.3 Å². The van der Waals surface area contributed by atoms with Gasteiger partial charge in [-0.25, -0.2) is 8.42 Å². The lowest BCUT2D eigenvalue weighted by molar-refractivity contribution is 0.0605. The molecule has 0 aliphatic carbocycles. The third kappa shape index (κ3) is 2.36. The Morgan fingerprint density at radius 3 is 2.76 bits per heavy atom. The van der Waals surface area contributed by atoms with Gasteiger partial charge in [-0.2, -0.15) is 9.40 Å². The van der Waals surface area contributed by atoms with Crippen molar-refractivity contribution in [3.05, 3.63) is 12.4 Å². The van der Waals surface area contributed by atoms with Crippen LogP contribution in [0.2, 0.25) is 0 Å². The molecule has 2 atom stereocenters. The molecule has 0 amide bonds. The Labute approximate surface area is 101 Å². The molecule has 0 saturated carbocycles. The first-order valence-corrected chi connectivity index (χ1v) is 7.02. The summed E-state index contributed by atoms with van der Waals surface area (Å²) in [5.41, 5.74) is 0. The molecule has 1 aliphatic heterocycles. The summed E-state index contributed by atoms with van der Waals surface area (Å²) in [6.07, 6.45) is 2.90. The quantitative estimate of drug-likeness (QED) is 0.799. The Balaban J connectivity index is 2.22. The van der Waals surface area contributed by atoms with Crippen LogP contribution in [0.4, 0.5) is 0 Å². The second-order valence-corrected chi connectivity index (χ2v) is 6.48. The van der Waals surface area contributed by atoms with Gasteiger partial charge in [0.25, 0.3) is 0 Å². The highest BCUT2D eigenvalue weighted by atomic mass is 32.2. The number of nitrogens with zero attached hydrogens (tertiary/aromatic N) is 3. The minimum Gasteiger partial charge on any atom is -0.391 e. The summed E-state index contributed by atoms with van der Waals surface area (Å²) in [5.74, 6) is 0.148. The van der Waals surface area contributed by atoms with Crippen LogP contribution in [0.1, 0.15) is 13.3 Å². The van der Waals surface area contributed by atoms with E-state index in [0.717, 1.165) is 0 Å². The normalized spacial score (nSPS) is 27.2. The first kappa shape index (κ1) is 12.5. The summed E-state index contributed by atoms with van der Waals surface area (Å²) in [6.45, 7) is 2.55. The van der Waals surface area contributed by atoms with E-state index in [1.165, 1.54) is 21.4 Å². The zero-order valence-corrected chi connectivity index (χ0v) is 10.8. The van der Waals surface area contributed by atoms with Crippen LogP contribution in [0, 0.1) is 5.92 Å². The zero-order chi connectivity index (χ0) is 12.6. The highest BCUT2D eigenvalue weighted by Crippen LogP contribution is 2.23. The Hall–Kier alpha value is -0.920. The largest absolute Gasteiger partial charge is 0.391 e. The van der Waals surface area contributed by atoms with Crippen LogP contribution in [0.3, 0.4) is 0 Å². The van der Waals surface area contributed by atoms with Gasteiger partial charge in [-0.3, -0.25) is 4.68 Å². The van der Waals surface area contributed by atoms with Crippen LogP contribution in [-0.2, 0) is 17.1 Å². The van der Waals surface area contributed by atoms with E-state index in [9.17, 15) is 13.5 Å². The fourth-order valence-corrected chi connectivity index (χ4v) is 3.38. The van der Waals surface area contributed by atoms with Crippen LogP contribution in [0.5, 0.6) is 0 Å². The van der Waals surface area contributed by atoms with Gasteiger partial charge in [0, 0.05) is 26.3 Å². The van der Waals surface area contributed by atoms with E-state index in [2.05, 4.69) is 5.10 Å². The molecule has 2 unspecified atom stereocenters. The number of hydrogen-bond acceptors (Lipinski definition) is 4. The molecule has 96 valence electrons. The SMILES string of the molecule is CC1CCN(S(=O)(=O)c2cnn(C)c2)CC1O. The van der Waals surface area contributed by atoms with E-state index in [1.807, 2.05) is 6.92 Å². The van der Waals surface area contributed by atoms with E-state index in [4.69, 9.17) is 0 Å². The van der Waals surface area contributed by atoms with Crippen LogP contribution in [0.25, 0.3) is 0 Å². The van der Waals surface area contributed by atoms with Crippen LogP contribution >= 0.6 is 0 Å². The number of rotatable bonds is 2. The highest BCUT2D eigenvalue weighted by Gasteiger charge is 2.33. The van der Waals surface area contributed by atoms with Crippen LogP contribution in [0.15, 0.2) is 17.3 Å². The average molecular weight is 259 g/mol. The average Bonchev–Trinajstić information content (AvgIpc) is 2.69. The standard InChI is InChI=1S/C10H17N3O3S/c1-8-3-4-13(7-10(8)14)17(15,16)9-5-11-12(2)6-9/h5-6,8,10,14H,3-4,7H2,1-2H3. The van der Waals surface area contributed by atoms with Crippen molar-refractivity contribution < 1.29 is 13.5 Å². The van der Waals surface area contributed by atoms with Crippen molar-refractivity contribution in [3.63, 3.8) is 0 Å². The van der Waals surface area contributed by atoms with Gasteiger partial charge in [0.15, 0.2) is 0 Å². The summed E-state index contributed by atoms with van der Waals surface area (Å²) in [5, 5.41) is 13.6. The van der Waals surface area contributed by atoms with Gasteiger partial charge < -0.3 is 5.11 Å². The van der Waals surface area contributed by atoms with Crippen molar-refractivity contribution >= 4 is 10.0 Å². The van der Waals surface area contributed by atoms with E-state index < -0.39 is 16.1 Å². The first-order valence-electron chi connectivity index (χ1n) is 5.58. The Bertz CT molecular complexity index is 497. The predicted octanol–water partition coefficient (Wildman–Crippen LogP) is -0.189.